The Hall–Kier alpha value is -1.10. The third-order valence-electron chi connectivity index (χ3n) is 0. The molecular formula is C6H14CrO7. The first-order chi connectivity index (χ1) is 5.20. The summed E-state index contributed by atoms with van der Waals surface area (Å²) < 4.78 is 0. The van der Waals surface area contributed by atoms with Crippen LogP contribution in [0.1, 0.15) is 20.8 Å². The summed E-state index contributed by atoms with van der Waals surface area (Å²) in [5, 5.41) is 22.2. The van der Waals surface area contributed by atoms with Crippen molar-refractivity contribution in [2.75, 3.05) is 0 Å². The van der Waals surface area contributed by atoms with Gasteiger partial charge < -0.3 is 20.8 Å². The molecule has 0 aliphatic heterocycles. The van der Waals surface area contributed by atoms with Gasteiger partial charge in [-0.3, -0.25) is 14.4 Å². The van der Waals surface area contributed by atoms with Gasteiger partial charge in [-0.2, -0.15) is 0 Å². The Morgan fingerprint density at radius 1 is 0.714 bits per heavy atom. The molecule has 0 bridgehead atoms. The average Bonchev–Trinajstić information content (AvgIpc) is 1.54. The molecule has 0 aromatic rings. The van der Waals surface area contributed by atoms with Crippen molar-refractivity contribution in [2.45, 2.75) is 20.8 Å². The summed E-state index contributed by atoms with van der Waals surface area (Å²) in [6.07, 6.45) is 0. The molecule has 0 fully saturated rings. The number of aliphatic carboxylic acids is 3. The van der Waals surface area contributed by atoms with Gasteiger partial charge >= 0.3 is 0 Å². The number of carboxylic acid groups (broad SMARTS) is 3. The summed E-state index contributed by atoms with van der Waals surface area (Å²) in [5.41, 5.74) is 0. The maximum Gasteiger partial charge on any atom is 0.300 e. The first-order valence-electron chi connectivity index (χ1n) is 2.78. The molecule has 0 amide bonds. The third kappa shape index (κ3) is 888. The van der Waals surface area contributed by atoms with E-state index in [0.717, 1.165) is 20.8 Å². The van der Waals surface area contributed by atoms with E-state index in [1.807, 2.05) is 0 Å². The van der Waals surface area contributed by atoms with Gasteiger partial charge in [-0.1, -0.05) is 0 Å². The molecule has 0 aliphatic rings. The Kier molecular flexibility index (Phi) is 47.4. The molecule has 14 heavy (non-hydrogen) atoms. The minimum absolute atomic E-state index is 0. The molecule has 0 heterocycles. The van der Waals surface area contributed by atoms with E-state index in [0.29, 0.717) is 0 Å². The fourth-order valence-corrected chi connectivity index (χ4v) is 0. The van der Waals surface area contributed by atoms with Gasteiger partial charge in [0.05, 0.1) is 0 Å². The Morgan fingerprint density at radius 3 is 0.714 bits per heavy atom. The number of hydrogen-bond donors (Lipinski definition) is 3. The molecule has 0 aromatic heterocycles. The van der Waals surface area contributed by atoms with Gasteiger partial charge in [0.15, 0.2) is 0 Å². The van der Waals surface area contributed by atoms with Gasteiger partial charge in [0, 0.05) is 38.1 Å². The molecule has 86 valence electrons. The number of rotatable bonds is 0. The third-order valence-corrected chi connectivity index (χ3v) is 0. The zero-order valence-corrected chi connectivity index (χ0v) is 9.25. The van der Waals surface area contributed by atoms with Gasteiger partial charge in [0.25, 0.3) is 17.9 Å². The van der Waals surface area contributed by atoms with E-state index in [1.54, 1.807) is 0 Å². The predicted octanol–water partition coefficient (Wildman–Crippen LogP) is -0.555. The monoisotopic (exact) mass is 250 g/mol. The van der Waals surface area contributed by atoms with Crippen LogP contribution in [-0.4, -0.2) is 38.7 Å². The molecule has 0 aromatic carbocycles. The second kappa shape index (κ2) is 22.7. The van der Waals surface area contributed by atoms with Crippen LogP contribution in [0.5, 0.6) is 0 Å². The van der Waals surface area contributed by atoms with Crippen LogP contribution in [0.2, 0.25) is 0 Å². The molecule has 0 aliphatic carbocycles. The summed E-state index contributed by atoms with van der Waals surface area (Å²) >= 11 is 0. The predicted molar refractivity (Wildman–Crippen MR) is 43.5 cm³/mol. The van der Waals surface area contributed by atoms with Crippen LogP contribution in [0.4, 0.5) is 0 Å². The molecule has 0 radical (unpaired) electrons. The minimum atomic E-state index is -0.833. The Balaban J connectivity index is -0.0000000270. The van der Waals surface area contributed by atoms with Crippen molar-refractivity contribution in [3.8, 4) is 0 Å². The summed E-state index contributed by atoms with van der Waals surface area (Å²) in [6, 6.07) is 0. The van der Waals surface area contributed by atoms with Crippen molar-refractivity contribution in [3.63, 3.8) is 0 Å². The minimum Gasteiger partial charge on any atom is -0.481 e. The van der Waals surface area contributed by atoms with Gasteiger partial charge in [-0.05, 0) is 0 Å². The number of carbonyl (C=O) groups is 3. The van der Waals surface area contributed by atoms with Crippen molar-refractivity contribution in [3.05, 3.63) is 0 Å². The average molecular weight is 250 g/mol. The second-order valence-corrected chi connectivity index (χ2v) is 1.56. The number of hydrogen-bond acceptors (Lipinski definition) is 3. The Morgan fingerprint density at radius 2 is 0.714 bits per heavy atom. The molecular weight excluding hydrogens is 236 g/mol. The van der Waals surface area contributed by atoms with E-state index in [9.17, 15) is 0 Å². The van der Waals surface area contributed by atoms with E-state index in [4.69, 9.17) is 29.7 Å². The zero-order chi connectivity index (χ0) is 10.7. The van der Waals surface area contributed by atoms with Gasteiger partial charge in [0.2, 0.25) is 0 Å². The van der Waals surface area contributed by atoms with Gasteiger partial charge in [-0.25, -0.2) is 0 Å². The van der Waals surface area contributed by atoms with Crippen LogP contribution in [0.15, 0.2) is 0 Å². The van der Waals surface area contributed by atoms with Crippen LogP contribution in [-0.2, 0) is 31.7 Å². The van der Waals surface area contributed by atoms with Crippen LogP contribution in [0.3, 0.4) is 0 Å². The van der Waals surface area contributed by atoms with Gasteiger partial charge in [0.1, 0.15) is 0 Å². The summed E-state index contributed by atoms with van der Waals surface area (Å²) in [4.78, 5) is 27.0. The van der Waals surface area contributed by atoms with Crippen molar-refractivity contribution < 1.29 is 52.5 Å². The maximum atomic E-state index is 9.00. The molecule has 0 rings (SSSR count). The van der Waals surface area contributed by atoms with Crippen molar-refractivity contribution in [1.82, 2.24) is 0 Å². The fraction of sp³-hybridized carbons (Fsp3) is 0.500. The largest absolute Gasteiger partial charge is 0.481 e. The molecule has 0 spiro atoms. The van der Waals surface area contributed by atoms with Crippen molar-refractivity contribution in [1.29, 1.82) is 0 Å². The number of carboxylic acids is 3. The van der Waals surface area contributed by atoms with E-state index < -0.39 is 17.9 Å². The molecule has 5 N–H and O–H groups in total. The van der Waals surface area contributed by atoms with E-state index in [1.165, 1.54) is 0 Å². The van der Waals surface area contributed by atoms with Crippen LogP contribution >= 0.6 is 0 Å². The molecule has 8 heteroatoms. The van der Waals surface area contributed by atoms with Crippen molar-refractivity contribution in [2.24, 2.45) is 0 Å². The van der Waals surface area contributed by atoms with Crippen LogP contribution in [0.25, 0.3) is 0 Å². The summed E-state index contributed by atoms with van der Waals surface area (Å²) in [5.74, 6) is -2.50. The Bertz CT molecular complexity index is 116. The quantitative estimate of drug-likeness (QED) is 0.526. The normalized spacial score (nSPS) is 5.36. The SMILES string of the molecule is CC(=O)O.CC(=O)O.CC(=O)O.O.[Cr]. The van der Waals surface area contributed by atoms with Crippen molar-refractivity contribution >= 4 is 17.9 Å². The maximum absolute atomic E-state index is 9.00. The van der Waals surface area contributed by atoms with Crippen LogP contribution in [0, 0.1) is 0 Å². The van der Waals surface area contributed by atoms with E-state index in [2.05, 4.69) is 0 Å². The van der Waals surface area contributed by atoms with E-state index in [-0.39, 0.29) is 22.8 Å². The topological polar surface area (TPSA) is 143 Å². The smallest absolute Gasteiger partial charge is 0.300 e. The Labute approximate surface area is 91.8 Å². The molecule has 0 saturated carbocycles. The fourth-order valence-electron chi connectivity index (χ4n) is 0. The standard InChI is InChI=1S/3C2H4O2.Cr.H2O/c3*1-2(3)4;;/h3*1H3,(H,3,4);;1H2. The first kappa shape index (κ1) is 29.3. The van der Waals surface area contributed by atoms with Crippen LogP contribution < -0.4 is 0 Å². The second-order valence-electron chi connectivity index (χ2n) is 1.56. The summed E-state index contributed by atoms with van der Waals surface area (Å²) in [7, 11) is 0. The molecule has 0 unspecified atom stereocenters. The molecule has 7 nitrogen and oxygen atoms in total. The summed E-state index contributed by atoms with van der Waals surface area (Å²) in [6.45, 7) is 3.25. The van der Waals surface area contributed by atoms with Gasteiger partial charge in [-0.15, -0.1) is 0 Å². The molecule has 0 atom stereocenters. The first-order valence-corrected chi connectivity index (χ1v) is 2.78. The van der Waals surface area contributed by atoms with E-state index >= 15 is 0 Å². The molecule has 0 saturated heterocycles. The zero-order valence-electron chi connectivity index (χ0n) is 7.97.